The van der Waals surface area contributed by atoms with E-state index in [0.29, 0.717) is 12.2 Å². The minimum atomic E-state index is -0.469. The van der Waals surface area contributed by atoms with E-state index in [1.165, 1.54) is 16.7 Å². The highest BCUT2D eigenvalue weighted by Gasteiger charge is 2.15. The van der Waals surface area contributed by atoms with E-state index in [-0.39, 0.29) is 11.2 Å². The highest BCUT2D eigenvalue weighted by atomic mass is 16.6. The maximum atomic E-state index is 11.9. The van der Waals surface area contributed by atoms with Crippen LogP contribution in [0, 0.1) is 24.0 Å². The van der Waals surface area contributed by atoms with E-state index in [1.807, 2.05) is 31.2 Å². The third kappa shape index (κ3) is 2.54. The van der Waals surface area contributed by atoms with Crippen LogP contribution < -0.4 is 5.56 Å². The molecule has 1 aromatic heterocycles. The van der Waals surface area contributed by atoms with Crippen LogP contribution in [-0.2, 0) is 6.54 Å². The third-order valence-corrected chi connectivity index (χ3v) is 3.21. The molecule has 0 atom stereocenters. The normalized spacial score (nSPS) is 10.4. The average molecular weight is 258 g/mol. The molecule has 0 fully saturated rings. The number of aryl methyl sites for hydroxylation is 1. The number of aromatic nitrogens is 1. The van der Waals surface area contributed by atoms with Gasteiger partial charge in [0.25, 0.3) is 11.2 Å². The molecule has 2 rings (SSSR count). The second kappa shape index (κ2) is 5.06. The van der Waals surface area contributed by atoms with Crippen molar-refractivity contribution in [3.63, 3.8) is 0 Å². The Labute approximate surface area is 110 Å². The van der Waals surface area contributed by atoms with Gasteiger partial charge in [-0.15, -0.1) is 0 Å². The van der Waals surface area contributed by atoms with Crippen LogP contribution in [0.5, 0.6) is 0 Å². The molecule has 0 amide bonds. The van der Waals surface area contributed by atoms with Crippen LogP contribution in [0.2, 0.25) is 0 Å². The molecule has 0 aliphatic heterocycles. The first-order valence-corrected chi connectivity index (χ1v) is 5.90. The molecule has 0 aliphatic carbocycles. The van der Waals surface area contributed by atoms with E-state index in [9.17, 15) is 14.9 Å². The molecule has 0 radical (unpaired) electrons. The smallest absolute Gasteiger partial charge is 0.288 e. The minimum absolute atomic E-state index is 0.0341. The Kier molecular flexibility index (Phi) is 3.46. The summed E-state index contributed by atoms with van der Waals surface area (Å²) >= 11 is 0. The maximum Gasteiger partial charge on any atom is 0.288 e. The Morgan fingerprint density at radius 2 is 1.84 bits per heavy atom. The lowest BCUT2D eigenvalue weighted by Gasteiger charge is -2.11. The number of nitro groups is 1. The number of hydrogen-bond donors (Lipinski definition) is 0. The van der Waals surface area contributed by atoms with Gasteiger partial charge in [-0.2, -0.15) is 0 Å². The Hall–Kier alpha value is -2.43. The summed E-state index contributed by atoms with van der Waals surface area (Å²) in [6, 6.07) is 10.2. The number of pyridine rings is 1. The van der Waals surface area contributed by atoms with Gasteiger partial charge in [0, 0.05) is 12.1 Å². The van der Waals surface area contributed by atoms with Gasteiger partial charge in [-0.1, -0.05) is 24.3 Å². The lowest BCUT2D eigenvalue weighted by atomic mass is 10.1. The van der Waals surface area contributed by atoms with Crippen LogP contribution in [0.25, 0.3) is 0 Å². The molecule has 0 N–H and O–H groups in total. The van der Waals surface area contributed by atoms with Crippen molar-refractivity contribution < 1.29 is 4.92 Å². The molecule has 98 valence electrons. The molecule has 0 unspecified atom stereocenters. The van der Waals surface area contributed by atoms with E-state index in [2.05, 4.69) is 0 Å². The topological polar surface area (TPSA) is 65.1 Å². The fraction of sp³-hybridized carbons (Fsp3) is 0.214. The Morgan fingerprint density at radius 3 is 2.47 bits per heavy atom. The first-order chi connectivity index (χ1) is 9.00. The molecular formula is C14H14N2O3. The zero-order valence-electron chi connectivity index (χ0n) is 10.8. The van der Waals surface area contributed by atoms with Gasteiger partial charge in [0.15, 0.2) is 0 Å². The van der Waals surface area contributed by atoms with Crippen LogP contribution in [-0.4, -0.2) is 9.49 Å². The van der Waals surface area contributed by atoms with Gasteiger partial charge >= 0.3 is 0 Å². The summed E-state index contributed by atoms with van der Waals surface area (Å²) in [6.45, 7) is 3.89. The first kappa shape index (κ1) is 13.0. The standard InChI is InChI=1S/C14H14N2O3/c1-10-5-3-4-6-12(10)9-15-11(2)13(16(18)19)7-8-14(15)17/h3-8H,9H2,1-2H3. The lowest BCUT2D eigenvalue weighted by Crippen LogP contribution is -2.23. The molecule has 0 aliphatic rings. The van der Waals surface area contributed by atoms with Crippen LogP contribution >= 0.6 is 0 Å². The quantitative estimate of drug-likeness (QED) is 0.627. The summed E-state index contributed by atoms with van der Waals surface area (Å²) in [4.78, 5) is 22.3. The zero-order valence-corrected chi connectivity index (χ0v) is 10.8. The molecule has 0 spiro atoms. The van der Waals surface area contributed by atoms with Gasteiger partial charge in [0.1, 0.15) is 0 Å². The molecular weight excluding hydrogens is 244 g/mol. The summed E-state index contributed by atoms with van der Waals surface area (Å²) in [5.41, 5.74) is 2.15. The van der Waals surface area contributed by atoms with Crippen molar-refractivity contribution in [2.75, 3.05) is 0 Å². The molecule has 2 aromatic rings. The second-order valence-corrected chi connectivity index (χ2v) is 4.41. The zero-order chi connectivity index (χ0) is 14.0. The van der Waals surface area contributed by atoms with E-state index >= 15 is 0 Å². The van der Waals surface area contributed by atoms with Crippen LogP contribution in [0.3, 0.4) is 0 Å². The summed E-state index contributed by atoms with van der Waals surface area (Å²) in [5, 5.41) is 10.9. The minimum Gasteiger partial charge on any atom is -0.302 e. The summed E-state index contributed by atoms with van der Waals surface area (Å²) in [7, 11) is 0. The molecule has 1 heterocycles. The number of nitrogens with zero attached hydrogens (tertiary/aromatic N) is 2. The largest absolute Gasteiger partial charge is 0.302 e. The molecule has 5 nitrogen and oxygen atoms in total. The van der Waals surface area contributed by atoms with Crippen molar-refractivity contribution >= 4 is 5.69 Å². The van der Waals surface area contributed by atoms with Gasteiger partial charge in [0.05, 0.1) is 17.2 Å². The Balaban J connectivity index is 2.52. The van der Waals surface area contributed by atoms with Crippen molar-refractivity contribution in [1.29, 1.82) is 0 Å². The SMILES string of the molecule is Cc1ccccc1Cn1c(C)c([N+](=O)[O-])ccc1=O. The monoisotopic (exact) mass is 258 g/mol. The van der Waals surface area contributed by atoms with Gasteiger partial charge in [0.2, 0.25) is 0 Å². The third-order valence-electron chi connectivity index (χ3n) is 3.21. The van der Waals surface area contributed by atoms with Crippen LogP contribution in [0.1, 0.15) is 16.8 Å². The average Bonchev–Trinajstić information content (AvgIpc) is 2.36. The predicted molar refractivity (Wildman–Crippen MR) is 72.4 cm³/mol. The maximum absolute atomic E-state index is 11.9. The van der Waals surface area contributed by atoms with Gasteiger partial charge in [-0.25, -0.2) is 0 Å². The van der Waals surface area contributed by atoms with E-state index in [4.69, 9.17) is 0 Å². The van der Waals surface area contributed by atoms with Crippen molar-refractivity contribution in [3.8, 4) is 0 Å². The molecule has 19 heavy (non-hydrogen) atoms. The molecule has 0 saturated carbocycles. The molecule has 5 heteroatoms. The van der Waals surface area contributed by atoms with Crippen molar-refractivity contribution in [1.82, 2.24) is 4.57 Å². The number of rotatable bonds is 3. The predicted octanol–water partition coefficient (Wildman–Crippen LogP) is 2.42. The summed E-state index contributed by atoms with van der Waals surface area (Å²) < 4.78 is 1.43. The highest BCUT2D eigenvalue weighted by Crippen LogP contribution is 2.16. The lowest BCUT2D eigenvalue weighted by molar-refractivity contribution is -0.386. The number of benzene rings is 1. The fourth-order valence-electron chi connectivity index (χ4n) is 2.01. The van der Waals surface area contributed by atoms with Gasteiger partial charge in [-0.3, -0.25) is 14.9 Å². The molecule has 1 aromatic carbocycles. The van der Waals surface area contributed by atoms with Crippen LogP contribution in [0.4, 0.5) is 5.69 Å². The summed E-state index contributed by atoms with van der Waals surface area (Å²) in [5.74, 6) is 0. The first-order valence-electron chi connectivity index (χ1n) is 5.90. The van der Waals surface area contributed by atoms with Crippen LogP contribution in [0.15, 0.2) is 41.2 Å². The van der Waals surface area contributed by atoms with E-state index in [0.717, 1.165) is 11.1 Å². The molecule has 0 bridgehead atoms. The Morgan fingerprint density at radius 1 is 1.16 bits per heavy atom. The van der Waals surface area contributed by atoms with Crippen molar-refractivity contribution in [3.05, 3.63) is 73.7 Å². The fourth-order valence-corrected chi connectivity index (χ4v) is 2.01. The van der Waals surface area contributed by atoms with Crippen molar-refractivity contribution in [2.45, 2.75) is 20.4 Å². The van der Waals surface area contributed by atoms with E-state index < -0.39 is 4.92 Å². The van der Waals surface area contributed by atoms with E-state index in [1.54, 1.807) is 6.92 Å². The highest BCUT2D eigenvalue weighted by molar-refractivity contribution is 5.35. The Bertz CT molecular complexity index is 689. The number of hydrogen-bond acceptors (Lipinski definition) is 3. The second-order valence-electron chi connectivity index (χ2n) is 4.41. The summed E-state index contributed by atoms with van der Waals surface area (Å²) in [6.07, 6.45) is 0. The van der Waals surface area contributed by atoms with Gasteiger partial charge < -0.3 is 4.57 Å². The van der Waals surface area contributed by atoms with Crippen molar-refractivity contribution in [2.24, 2.45) is 0 Å². The van der Waals surface area contributed by atoms with Gasteiger partial charge in [-0.05, 0) is 25.0 Å². The molecule has 0 saturated heterocycles.